The van der Waals surface area contributed by atoms with Crippen LogP contribution in [-0.2, 0) is 16.0 Å². The molecule has 1 aromatic carbocycles. The lowest BCUT2D eigenvalue weighted by molar-refractivity contribution is -0.115. The van der Waals surface area contributed by atoms with Gasteiger partial charge in [0.25, 0.3) is 0 Å². The maximum absolute atomic E-state index is 11.9. The number of phenols is 1. The van der Waals surface area contributed by atoms with E-state index in [0.717, 1.165) is 0 Å². The first-order valence-corrected chi connectivity index (χ1v) is 6.64. The summed E-state index contributed by atoms with van der Waals surface area (Å²) < 4.78 is 4.83. The summed E-state index contributed by atoms with van der Waals surface area (Å²) in [5.41, 5.74) is 1.09. The minimum atomic E-state index is -0.530. The molecule has 2 aromatic rings. The molecular formula is C15H15N3O4. The number of anilines is 1. The Hall–Kier alpha value is -2.96. The minimum absolute atomic E-state index is 0.0832. The van der Waals surface area contributed by atoms with Crippen molar-refractivity contribution < 1.29 is 19.4 Å². The monoisotopic (exact) mass is 301 g/mol. The van der Waals surface area contributed by atoms with Gasteiger partial charge in [0.2, 0.25) is 5.91 Å². The number of carbonyl (C=O) groups excluding carboxylic acids is 2. The Morgan fingerprint density at radius 2 is 2.00 bits per heavy atom. The number of aromatic nitrogens is 2. The van der Waals surface area contributed by atoms with Crippen LogP contribution in [0.25, 0.3) is 0 Å². The van der Waals surface area contributed by atoms with E-state index in [4.69, 9.17) is 4.74 Å². The summed E-state index contributed by atoms with van der Waals surface area (Å²) in [5.74, 6) is -1.06. The molecule has 0 fully saturated rings. The average molecular weight is 301 g/mol. The number of carbonyl (C=O) groups is 2. The van der Waals surface area contributed by atoms with Gasteiger partial charge in [0, 0.05) is 12.4 Å². The standard InChI is InChI=1S/C15H15N3O4/c1-2-22-15(21)11-3-4-12(13(19)6-11)18-14(20)5-10-7-16-9-17-8-10/h3-4,6-9,19H,2,5H2,1H3,(H,18,20). The number of esters is 1. The van der Waals surface area contributed by atoms with Gasteiger partial charge in [0.1, 0.15) is 12.1 Å². The second kappa shape index (κ2) is 7.16. The lowest BCUT2D eigenvalue weighted by atomic mass is 10.1. The third kappa shape index (κ3) is 4.02. The topological polar surface area (TPSA) is 101 Å². The predicted octanol–water partition coefficient (Wildman–Crippen LogP) is 1.54. The molecule has 1 heterocycles. The molecule has 0 aliphatic heterocycles. The van der Waals surface area contributed by atoms with E-state index in [2.05, 4.69) is 15.3 Å². The van der Waals surface area contributed by atoms with Crippen LogP contribution in [0, 0.1) is 0 Å². The molecule has 0 atom stereocenters. The van der Waals surface area contributed by atoms with Crippen LogP contribution in [0.15, 0.2) is 36.9 Å². The normalized spacial score (nSPS) is 10.0. The highest BCUT2D eigenvalue weighted by Gasteiger charge is 2.12. The molecule has 0 radical (unpaired) electrons. The number of aromatic hydroxyl groups is 1. The SMILES string of the molecule is CCOC(=O)c1ccc(NC(=O)Cc2cncnc2)c(O)c1. The van der Waals surface area contributed by atoms with Gasteiger partial charge in [-0.2, -0.15) is 0 Å². The first kappa shape index (κ1) is 15.4. The zero-order valence-electron chi connectivity index (χ0n) is 11.9. The highest BCUT2D eigenvalue weighted by atomic mass is 16.5. The number of rotatable bonds is 5. The Kier molecular flexibility index (Phi) is 5.02. The molecule has 0 spiro atoms. The fourth-order valence-corrected chi connectivity index (χ4v) is 1.78. The van der Waals surface area contributed by atoms with E-state index in [-0.39, 0.29) is 35.9 Å². The summed E-state index contributed by atoms with van der Waals surface area (Å²) in [6.45, 7) is 1.94. The number of ether oxygens (including phenoxy) is 1. The van der Waals surface area contributed by atoms with Crippen LogP contribution in [0.5, 0.6) is 5.75 Å². The Labute approximate surface area is 127 Å². The summed E-state index contributed by atoms with van der Waals surface area (Å²) in [6, 6.07) is 4.17. The Morgan fingerprint density at radius 1 is 1.27 bits per heavy atom. The highest BCUT2D eigenvalue weighted by Crippen LogP contribution is 2.24. The molecule has 0 unspecified atom stereocenters. The summed E-state index contributed by atoms with van der Waals surface area (Å²) in [5, 5.41) is 12.4. The molecule has 0 aliphatic rings. The summed E-state index contributed by atoms with van der Waals surface area (Å²) in [6.07, 6.45) is 4.54. The first-order chi connectivity index (χ1) is 10.6. The van der Waals surface area contributed by atoms with E-state index < -0.39 is 5.97 Å². The van der Waals surface area contributed by atoms with Crippen molar-refractivity contribution in [3.63, 3.8) is 0 Å². The smallest absolute Gasteiger partial charge is 0.338 e. The molecule has 0 aliphatic carbocycles. The van der Waals surface area contributed by atoms with Crippen molar-refractivity contribution in [1.82, 2.24) is 9.97 Å². The number of phenolic OH excluding ortho intramolecular Hbond substituents is 1. The van der Waals surface area contributed by atoms with Crippen LogP contribution >= 0.6 is 0 Å². The molecule has 0 bridgehead atoms. The summed E-state index contributed by atoms with van der Waals surface area (Å²) in [4.78, 5) is 31.1. The van der Waals surface area contributed by atoms with Crippen LogP contribution in [-0.4, -0.2) is 33.6 Å². The lowest BCUT2D eigenvalue weighted by Crippen LogP contribution is -2.15. The maximum Gasteiger partial charge on any atom is 0.338 e. The molecule has 1 aromatic heterocycles. The Balaban J connectivity index is 2.04. The molecule has 22 heavy (non-hydrogen) atoms. The molecule has 2 rings (SSSR count). The largest absolute Gasteiger partial charge is 0.506 e. The van der Waals surface area contributed by atoms with Gasteiger partial charge in [0.15, 0.2) is 0 Å². The van der Waals surface area contributed by atoms with Crippen molar-refractivity contribution in [3.8, 4) is 5.75 Å². The van der Waals surface area contributed by atoms with Gasteiger partial charge in [-0.25, -0.2) is 14.8 Å². The molecule has 0 saturated heterocycles. The average Bonchev–Trinajstić information content (AvgIpc) is 2.50. The fourth-order valence-electron chi connectivity index (χ4n) is 1.78. The van der Waals surface area contributed by atoms with Gasteiger partial charge in [-0.1, -0.05) is 0 Å². The van der Waals surface area contributed by atoms with Gasteiger partial charge in [-0.15, -0.1) is 0 Å². The van der Waals surface area contributed by atoms with Crippen molar-refractivity contribution in [2.75, 3.05) is 11.9 Å². The van der Waals surface area contributed by atoms with E-state index >= 15 is 0 Å². The number of hydrogen-bond acceptors (Lipinski definition) is 6. The maximum atomic E-state index is 11.9. The van der Waals surface area contributed by atoms with E-state index in [1.807, 2.05) is 0 Å². The first-order valence-electron chi connectivity index (χ1n) is 6.64. The predicted molar refractivity (Wildman–Crippen MR) is 78.4 cm³/mol. The van der Waals surface area contributed by atoms with E-state index in [9.17, 15) is 14.7 Å². The second-order valence-corrected chi connectivity index (χ2v) is 4.42. The van der Waals surface area contributed by atoms with Crippen LogP contribution in [0.2, 0.25) is 0 Å². The van der Waals surface area contributed by atoms with Crippen molar-refractivity contribution in [3.05, 3.63) is 48.0 Å². The van der Waals surface area contributed by atoms with Crippen molar-refractivity contribution in [2.24, 2.45) is 0 Å². The highest BCUT2D eigenvalue weighted by molar-refractivity contribution is 5.95. The summed E-state index contributed by atoms with van der Waals surface area (Å²) >= 11 is 0. The third-order valence-corrected chi connectivity index (χ3v) is 2.76. The van der Waals surface area contributed by atoms with Gasteiger partial charge >= 0.3 is 5.97 Å². The van der Waals surface area contributed by atoms with Crippen molar-refractivity contribution in [2.45, 2.75) is 13.3 Å². The molecule has 114 valence electrons. The molecule has 7 heteroatoms. The van der Waals surface area contributed by atoms with E-state index in [1.165, 1.54) is 36.9 Å². The quantitative estimate of drug-likeness (QED) is 0.641. The summed E-state index contributed by atoms with van der Waals surface area (Å²) in [7, 11) is 0. The Morgan fingerprint density at radius 3 is 2.64 bits per heavy atom. The lowest BCUT2D eigenvalue weighted by Gasteiger charge is -2.09. The van der Waals surface area contributed by atoms with Gasteiger partial charge in [-0.05, 0) is 30.7 Å². The van der Waals surface area contributed by atoms with E-state index in [1.54, 1.807) is 6.92 Å². The molecular weight excluding hydrogens is 286 g/mol. The van der Waals surface area contributed by atoms with Crippen molar-refractivity contribution in [1.29, 1.82) is 0 Å². The molecule has 2 N–H and O–H groups in total. The van der Waals surface area contributed by atoms with E-state index in [0.29, 0.717) is 5.56 Å². The Bertz CT molecular complexity index is 674. The number of benzene rings is 1. The van der Waals surface area contributed by atoms with Gasteiger partial charge in [-0.3, -0.25) is 4.79 Å². The minimum Gasteiger partial charge on any atom is -0.506 e. The van der Waals surface area contributed by atoms with Crippen LogP contribution < -0.4 is 5.32 Å². The van der Waals surface area contributed by atoms with Crippen molar-refractivity contribution >= 4 is 17.6 Å². The zero-order valence-corrected chi connectivity index (χ0v) is 11.9. The number of hydrogen-bond donors (Lipinski definition) is 2. The second-order valence-electron chi connectivity index (χ2n) is 4.42. The fraction of sp³-hybridized carbons (Fsp3) is 0.200. The number of nitrogens with one attached hydrogen (secondary N) is 1. The zero-order chi connectivity index (χ0) is 15.9. The third-order valence-electron chi connectivity index (χ3n) is 2.76. The molecule has 1 amide bonds. The van der Waals surface area contributed by atoms with Gasteiger partial charge in [0.05, 0.1) is 24.3 Å². The molecule has 0 saturated carbocycles. The van der Waals surface area contributed by atoms with Crippen LogP contribution in [0.4, 0.5) is 5.69 Å². The number of nitrogens with zero attached hydrogens (tertiary/aromatic N) is 2. The van der Waals surface area contributed by atoms with Crippen LogP contribution in [0.1, 0.15) is 22.8 Å². The van der Waals surface area contributed by atoms with Crippen LogP contribution in [0.3, 0.4) is 0 Å². The van der Waals surface area contributed by atoms with Gasteiger partial charge < -0.3 is 15.2 Å². The number of amides is 1. The molecule has 7 nitrogen and oxygen atoms in total.